The molecule has 0 aliphatic carbocycles. The maximum Gasteiger partial charge on any atom is 0.257 e. The third-order valence-corrected chi connectivity index (χ3v) is 4.61. The number of aryl methyl sites for hydroxylation is 1. The Balaban J connectivity index is 1.41. The summed E-state index contributed by atoms with van der Waals surface area (Å²) in [6.07, 6.45) is 5.04. The number of aromatic amines is 1. The molecular formula is C17H19N7O2. The van der Waals surface area contributed by atoms with E-state index in [0.717, 1.165) is 11.1 Å². The van der Waals surface area contributed by atoms with Gasteiger partial charge in [0, 0.05) is 32.4 Å². The summed E-state index contributed by atoms with van der Waals surface area (Å²) >= 11 is 0. The maximum absolute atomic E-state index is 12.9. The lowest BCUT2D eigenvalue weighted by Gasteiger charge is -2.34. The van der Waals surface area contributed by atoms with Crippen molar-refractivity contribution >= 4 is 17.3 Å². The molecule has 1 aliphatic heterocycles. The third kappa shape index (κ3) is 3.03. The number of aromatic nitrogens is 5. The Morgan fingerprint density at radius 1 is 1.19 bits per heavy atom. The number of piperazine rings is 1. The van der Waals surface area contributed by atoms with Crippen LogP contribution >= 0.6 is 0 Å². The van der Waals surface area contributed by atoms with Crippen LogP contribution in [0.4, 0.5) is 0 Å². The van der Waals surface area contributed by atoms with Crippen molar-refractivity contribution < 1.29 is 9.59 Å². The first-order chi connectivity index (χ1) is 12.6. The quantitative estimate of drug-likeness (QED) is 0.729. The van der Waals surface area contributed by atoms with E-state index >= 15 is 0 Å². The topological polar surface area (TPSA) is 99.5 Å². The van der Waals surface area contributed by atoms with Gasteiger partial charge in [0.1, 0.15) is 12.2 Å². The zero-order valence-corrected chi connectivity index (χ0v) is 14.4. The molecule has 3 aromatic rings. The van der Waals surface area contributed by atoms with Crippen LogP contribution < -0.4 is 0 Å². The van der Waals surface area contributed by atoms with Crippen molar-refractivity contribution in [1.29, 1.82) is 0 Å². The average molecular weight is 353 g/mol. The first-order valence-electron chi connectivity index (χ1n) is 8.47. The van der Waals surface area contributed by atoms with Crippen LogP contribution in [0.5, 0.6) is 0 Å². The van der Waals surface area contributed by atoms with Gasteiger partial charge < -0.3 is 9.80 Å². The van der Waals surface area contributed by atoms with E-state index in [1.54, 1.807) is 20.5 Å². The highest BCUT2D eigenvalue weighted by Gasteiger charge is 2.26. The number of pyridine rings is 1. The van der Waals surface area contributed by atoms with Crippen LogP contribution in [0.15, 0.2) is 30.9 Å². The summed E-state index contributed by atoms with van der Waals surface area (Å²) in [6, 6.07) is 3.91. The number of hydrogen-bond acceptors (Lipinski definition) is 5. The van der Waals surface area contributed by atoms with Gasteiger partial charge in [0.05, 0.1) is 23.7 Å². The Hall–Kier alpha value is -3.23. The average Bonchev–Trinajstić information content (AvgIpc) is 3.30. The molecule has 1 N–H and O–H groups in total. The van der Waals surface area contributed by atoms with Gasteiger partial charge in [0.2, 0.25) is 5.91 Å². The lowest BCUT2D eigenvalue weighted by molar-refractivity contribution is -0.132. The highest BCUT2D eigenvalue weighted by molar-refractivity contribution is 6.00. The largest absolute Gasteiger partial charge is 0.339 e. The van der Waals surface area contributed by atoms with E-state index < -0.39 is 0 Å². The number of fused-ring (bicyclic) bond motifs is 1. The molecule has 0 saturated carbocycles. The molecule has 134 valence electrons. The predicted molar refractivity (Wildman–Crippen MR) is 92.5 cm³/mol. The van der Waals surface area contributed by atoms with Gasteiger partial charge in [-0.15, -0.1) is 0 Å². The number of nitrogens with zero attached hydrogens (tertiary/aromatic N) is 6. The Morgan fingerprint density at radius 2 is 1.96 bits per heavy atom. The van der Waals surface area contributed by atoms with Crippen LogP contribution in [-0.2, 0) is 11.2 Å². The lowest BCUT2D eigenvalue weighted by Crippen LogP contribution is -2.51. The summed E-state index contributed by atoms with van der Waals surface area (Å²) in [7, 11) is 0. The molecule has 2 amide bonds. The fourth-order valence-corrected chi connectivity index (χ4v) is 3.15. The van der Waals surface area contributed by atoms with Crippen molar-refractivity contribution in [1.82, 2.24) is 34.6 Å². The number of carbonyl (C=O) groups excluding carboxylic acids is 2. The number of H-pyrrole nitrogens is 1. The van der Waals surface area contributed by atoms with Crippen molar-refractivity contribution in [3.05, 3.63) is 47.8 Å². The van der Waals surface area contributed by atoms with Crippen LogP contribution in [0.25, 0.3) is 5.52 Å². The highest BCUT2D eigenvalue weighted by Crippen LogP contribution is 2.16. The molecule has 3 aromatic heterocycles. The number of nitrogens with one attached hydrogen (secondary N) is 1. The zero-order chi connectivity index (χ0) is 18.1. The van der Waals surface area contributed by atoms with E-state index in [9.17, 15) is 9.59 Å². The Bertz CT molecular complexity index is 939. The summed E-state index contributed by atoms with van der Waals surface area (Å²) in [6.45, 7) is 4.02. The van der Waals surface area contributed by atoms with Gasteiger partial charge in [-0.25, -0.2) is 9.50 Å². The molecular weight excluding hydrogens is 334 g/mol. The first kappa shape index (κ1) is 16.2. The van der Waals surface area contributed by atoms with E-state index in [2.05, 4.69) is 20.3 Å². The molecule has 9 heteroatoms. The lowest BCUT2D eigenvalue weighted by atomic mass is 10.2. The molecule has 9 nitrogen and oxygen atoms in total. The van der Waals surface area contributed by atoms with E-state index in [4.69, 9.17) is 0 Å². The Morgan fingerprint density at radius 3 is 2.69 bits per heavy atom. The molecule has 4 heterocycles. The maximum atomic E-state index is 12.9. The zero-order valence-electron chi connectivity index (χ0n) is 14.4. The fourth-order valence-electron chi connectivity index (χ4n) is 3.15. The monoisotopic (exact) mass is 353 g/mol. The minimum Gasteiger partial charge on any atom is -0.339 e. The van der Waals surface area contributed by atoms with Gasteiger partial charge in [-0.3, -0.25) is 14.7 Å². The van der Waals surface area contributed by atoms with Crippen LogP contribution in [0.1, 0.15) is 21.7 Å². The first-order valence-corrected chi connectivity index (χ1v) is 8.47. The molecule has 0 atom stereocenters. The minimum absolute atomic E-state index is 0.0135. The standard InChI is InChI=1S/C17H19N7O2/c1-12-2-3-24-14(8-12)13(10-20-24)17(26)23-6-4-22(5-7-23)16(25)9-15-18-11-19-21-15/h2-3,8,10-11H,4-7,9H2,1H3,(H,18,19,21). The smallest absolute Gasteiger partial charge is 0.257 e. The summed E-state index contributed by atoms with van der Waals surface area (Å²) < 4.78 is 1.71. The van der Waals surface area contributed by atoms with E-state index in [1.165, 1.54) is 6.33 Å². The van der Waals surface area contributed by atoms with E-state index in [1.807, 2.05) is 25.3 Å². The minimum atomic E-state index is -0.0482. The normalized spacial score (nSPS) is 14.8. The van der Waals surface area contributed by atoms with Crippen molar-refractivity contribution in [3.63, 3.8) is 0 Å². The molecule has 4 rings (SSSR count). The second-order valence-electron chi connectivity index (χ2n) is 6.37. The van der Waals surface area contributed by atoms with Crippen LogP contribution in [0.3, 0.4) is 0 Å². The number of amides is 2. The second kappa shape index (κ2) is 6.58. The van der Waals surface area contributed by atoms with Gasteiger partial charge in [-0.2, -0.15) is 10.2 Å². The van der Waals surface area contributed by atoms with Crippen LogP contribution in [0.2, 0.25) is 0 Å². The van der Waals surface area contributed by atoms with E-state index in [-0.39, 0.29) is 18.2 Å². The molecule has 1 aliphatic rings. The van der Waals surface area contributed by atoms with Gasteiger partial charge >= 0.3 is 0 Å². The van der Waals surface area contributed by atoms with Gasteiger partial charge in [0.25, 0.3) is 5.91 Å². The Labute approximate surface area is 149 Å². The summed E-state index contributed by atoms with van der Waals surface area (Å²) in [5, 5.41) is 10.7. The third-order valence-electron chi connectivity index (χ3n) is 4.61. The summed E-state index contributed by atoms with van der Waals surface area (Å²) in [5.41, 5.74) is 2.48. The Kier molecular flexibility index (Phi) is 4.11. The molecule has 26 heavy (non-hydrogen) atoms. The number of rotatable bonds is 3. The molecule has 0 aromatic carbocycles. The van der Waals surface area contributed by atoms with Crippen molar-refractivity contribution in [3.8, 4) is 0 Å². The number of carbonyl (C=O) groups is 2. The van der Waals surface area contributed by atoms with Crippen molar-refractivity contribution in [2.45, 2.75) is 13.3 Å². The SMILES string of the molecule is Cc1ccn2ncc(C(=O)N3CCN(C(=O)Cc4ncn[nH]4)CC3)c2c1. The van der Waals surface area contributed by atoms with Gasteiger partial charge in [-0.05, 0) is 24.6 Å². The van der Waals surface area contributed by atoms with Crippen LogP contribution in [0, 0.1) is 6.92 Å². The summed E-state index contributed by atoms with van der Waals surface area (Å²) in [4.78, 5) is 32.7. The predicted octanol–water partition coefficient (Wildman–Crippen LogP) is 0.288. The molecule has 1 fully saturated rings. The number of hydrogen-bond donors (Lipinski definition) is 1. The van der Waals surface area contributed by atoms with E-state index in [0.29, 0.717) is 37.6 Å². The fraction of sp³-hybridized carbons (Fsp3) is 0.353. The van der Waals surface area contributed by atoms with Gasteiger partial charge in [-0.1, -0.05) is 0 Å². The molecule has 0 radical (unpaired) electrons. The van der Waals surface area contributed by atoms with Gasteiger partial charge in [0.15, 0.2) is 0 Å². The van der Waals surface area contributed by atoms with Crippen molar-refractivity contribution in [2.75, 3.05) is 26.2 Å². The molecule has 1 saturated heterocycles. The molecule has 0 bridgehead atoms. The van der Waals surface area contributed by atoms with Crippen LogP contribution in [-0.4, -0.2) is 72.6 Å². The highest BCUT2D eigenvalue weighted by atomic mass is 16.2. The van der Waals surface area contributed by atoms with Crippen molar-refractivity contribution in [2.24, 2.45) is 0 Å². The molecule has 0 unspecified atom stereocenters. The summed E-state index contributed by atoms with van der Waals surface area (Å²) in [5.74, 6) is 0.489. The molecule has 0 spiro atoms. The second-order valence-corrected chi connectivity index (χ2v) is 6.37.